The molecule has 0 unspecified atom stereocenters. The zero-order valence-corrected chi connectivity index (χ0v) is 13.4. The summed E-state index contributed by atoms with van der Waals surface area (Å²) in [5.74, 6) is -0.879. The number of hydrogen-bond donors (Lipinski definition) is 1. The van der Waals surface area contributed by atoms with Crippen molar-refractivity contribution >= 4 is 21.9 Å². The van der Waals surface area contributed by atoms with E-state index in [-0.39, 0.29) is 5.76 Å². The first-order valence-electron chi connectivity index (χ1n) is 6.21. The summed E-state index contributed by atoms with van der Waals surface area (Å²) in [6.45, 7) is 7.70. The van der Waals surface area contributed by atoms with Crippen LogP contribution in [0.3, 0.4) is 0 Å². The van der Waals surface area contributed by atoms with Crippen LogP contribution in [0.2, 0.25) is 0 Å². The monoisotopic (exact) mass is 337 g/mol. The maximum Gasteiger partial charge on any atom is 0.373 e. The maximum absolute atomic E-state index is 11.3. The fraction of sp³-hybridized carbons (Fsp3) is 0.333. The van der Waals surface area contributed by atoms with Crippen LogP contribution in [0, 0.1) is 6.92 Å². The Hall–Kier alpha value is -1.62. The topological polar surface area (TPSA) is 63.3 Å². The van der Waals surface area contributed by atoms with Crippen LogP contribution < -0.4 is 0 Å². The van der Waals surface area contributed by atoms with Gasteiger partial charge in [0.15, 0.2) is 0 Å². The molecule has 2 aromatic rings. The number of benzene rings is 1. The van der Waals surface area contributed by atoms with Crippen molar-refractivity contribution in [2.24, 2.45) is 0 Å². The minimum Gasteiger partial charge on any atom is -0.475 e. The first-order chi connectivity index (χ1) is 9.20. The number of nitrogens with zero attached hydrogens (tertiary/aromatic N) is 1. The summed E-state index contributed by atoms with van der Waals surface area (Å²) in [5.41, 5.74) is 1.90. The Kier molecular flexibility index (Phi) is 3.73. The van der Waals surface area contributed by atoms with Gasteiger partial charge in [0.05, 0.1) is 5.56 Å². The van der Waals surface area contributed by atoms with Gasteiger partial charge in [-0.1, -0.05) is 26.8 Å². The molecular formula is C15H16BrNO3. The lowest BCUT2D eigenvalue weighted by molar-refractivity contribution is 0.0659. The molecule has 5 heteroatoms. The van der Waals surface area contributed by atoms with E-state index in [1.165, 1.54) is 0 Å². The molecule has 0 bridgehead atoms. The molecule has 0 saturated carbocycles. The highest BCUT2D eigenvalue weighted by Gasteiger charge is 2.29. The number of aryl methyl sites for hydroxylation is 1. The third-order valence-corrected chi connectivity index (χ3v) is 3.54. The Bertz CT molecular complexity index is 668. The number of carbonyl (C=O) groups is 1. The van der Waals surface area contributed by atoms with Crippen LogP contribution in [-0.4, -0.2) is 16.1 Å². The highest BCUT2D eigenvalue weighted by atomic mass is 79.9. The fourth-order valence-electron chi connectivity index (χ4n) is 1.88. The zero-order chi connectivity index (χ0) is 15.1. The van der Waals surface area contributed by atoms with Gasteiger partial charge in [-0.15, -0.1) is 0 Å². The molecule has 4 nitrogen and oxygen atoms in total. The van der Waals surface area contributed by atoms with E-state index in [0.29, 0.717) is 11.6 Å². The van der Waals surface area contributed by atoms with Crippen LogP contribution in [0.25, 0.3) is 11.5 Å². The summed E-state index contributed by atoms with van der Waals surface area (Å²) in [7, 11) is 0. The Morgan fingerprint density at radius 2 is 2.00 bits per heavy atom. The fourth-order valence-corrected chi connectivity index (χ4v) is 2.55. The van der Waals surface area contributed by atoms with Crippen LogP contribution >= 0.6 is 15.9 Å². The molecule has 0 aliphatic rings. The first-order valence-corrected chi connectivity index (χ1v) is 7.00. The first kappa shape index (κ1) is 14.8. The molecule has 1 aromatic carbocycles. The number of rotatable bonds is 2. The average molecular weight is 338 g/mol. The number of aromatic nitrogens is 1. The van der Waals surface area contributed by atoms with E-state index in [4.69, 9.17) is 4.42 Å². The number of aromatic carboxylic acids is 1. The third-order valence-electron chi connectivity index (χ3n) is 2.89. The zero-order valence-electron chi connectivity index (χ0n) is 11.8. The minimum atomic E-state index is -1.10. The number of carboxylic acids is 1. The summed E-state index contributed by atoms with van der Waals surface area (Å²) in [6.07, 6.45) is 0. The molecule has 1 heterocycles. The van der Waals surface area contributed by atoms with Crippen molar-refractivity contribution in [2.45, 2.75) is 33.1 Å². The van der Waals surface area contributed by atoms with Crippen molar-refractivity contribution in [1.82, 2.24) is 4.98 Å². The van der Waals surface area contributed by atoms with E-state index in [1.54, 1.807) is 0 Å². The molecule has 0 aliphatic carbocycles. The van der Waals surface area contributed by atoms with Crippen molar-refractivity contribution in [1.29, 1.82) is 0 Å². The molecule has 20 heavy (non-hydrogen) atoms. The van der Waals surface area contributed by atoms with Crippen LogP contribution in [0.15, 0.2) is 27.1 Å². The van der Waals surface area contributed by atoms with E-state index in [1.807, 2.05) is 45.9 Å². The summed E-state index contributed by atoms with van der Waals surface area (Å²) < 4.78 is 6.30. The van der Waals surface area contributed by atoms with E-state index in [9.17, 15) is 9.90 Å². The van der Waals surface area contributed by atoms with E-state index < -0.39 is 11.4 Å². The van der Waals surface area contributed by atoms with Crippen molar-refractivity contribution in [3.05, 3.63) is 39.7 Å². The summed E-state index contributed by atoms with van der Waals surface area (Å²) in [6, 6.07) is 5.74. The summed E-state index contributed by atoms with van der Waals surface area (Å²) in [5, 5.41) is 9.26. The largest absolute Gasteiger partial charge is 0.475 e. The molecule has 0 fully saturated rings. The second-order valence-electron chi connectivity index (χ2n) is 5.74. The second kappa shape index (κ2) is 5.05. The van der Waals surface area contributed by atoms with Gasteiger partial charge in [-0.2, -0.15) is 0 Å². The van der Waals surface area contributed by atoms with Gasteiger partial charge in [-0.25, -0.2) is 9.78 Å². The van der Waals surface area contributed by atoms with Crippen LogP contribution in [-0.2, 0) is 5.41 Å². The van der Waals surface area contributed by atoms with Gasteiger partial charge in [-0.05, 0) is 40.5 Å². The summed E-state index contributed by atoms with van der Waals surface area (Å²) in [4.78, 5) is 15.7. The van der Waals surface area contributed by atoms with Crippen LogP contribution in [0.1, 0.15) is 42.6 Å². The van der Waals surface area contributed by atoms with Crippen molar-refractivity contribution in [3.8, 4) is 11.5 Å². The molecule has 1 N–H and O–H groups in total. The van der Waals surface area contributed by atoms with Gasteiger partial charge >= 0.3 is 5.97 Å². The Morgan fingerprint density at radius 3 is 2.45 bits per heavy atom. The highest BCUT2D eigenvalue weighted by molar-refractivity contribution is 9.10. The predicted molar refractivity (Wildman–Crippen MR) is 80.0 cm³/mol. The number of halogens is 1. The van der Waals surface area contributed by atoms with E-state index in [0.717, 1.165) is 15.6 Å². The van der Waals surface area contributed by atoms with Gasteiger partial charge in [0.2, 0.25) is 11.7 Å². The Balaban J connectivity index is 2.62. The lowest BCUT2D eigenvalue weighted by Gasteiger charge is -2.14. The summed E-state index contributed by atoms with van der Waals surface area (Å²) >= 11 is 3.46. The molecule has 0 aliphatic heterocycles. The molecule has 1 aromatic heterocycles. The molecule has 2 rings (SSSR count). The number of oxazole rings is 1. The minimum absolute atomic E-state index is 0.0972. The SMILES string of the molecule is Cc1ccc(-c2nc(C(C)(C)C)c(C(=O)O)o2)c(Br)c1. The van der Waals surface area contributed by atoms with Crippen LogP contribution in [0.5, 0.6) is 0 Å². The molecule has 0 radical (unpaired) electrons. The predicted octanol–water partition coefficient (Wildman–Crippen LogP) is 4.41. The van der Waals surface area contributed by atoms with Gasteiger partial charge in [-0.3, -0.25) is 0 Å². The molecule has 0 spiro atoms. The van der Waals surface area contributed by atoms with Gasteiger partial charge in [0, 0.05) is 9.89 Å². The molecule has 0 atom stereocenters. The van der Waals surface area contributed by atoms with Crippen molar-refractivity contribution in [3.63, 3.8) is 0 Å². The van der Waals surface area contributed by atoms with Crippen LogP contribution in [0.4, 0.5) is 0 Å². The maximum atomic E-state index is 11.3. The second-order valence-corrected chi connectivity index (χ2v) is 6.59. The number of hydrogen-bond acceptors (Lipinski definition) is 3. The molecule has 106 valence electrons. The number of carboxylic acid groups (broad SMARTS) is 1. The van der Waals surface area contributed by atoms with Gasteiger partial charge < -0.3 is 9.52 Å². The lowest BCUT2D eigenvalue weighted by atomic mass is 9.91. The normalized spacial score (nSPS) is 11.7. The third kappa shape index (κ3) is 2.77. The van der Waals surface area contributed by atoms with Crippen molar-refractivity contribution in [2.75, 3.05) is 0 Å². The lowest BCUT2D eigenvalue weighted by Crippen LogP contribution is -2.16. The van der Waals surface area contributed by atoms with Gasteiger partial charge in [0.25, 0.3) is 0 Å². The van der Waals surface area contributed by atoms with Crippen molar-refractivity contribution < 1.29 is 14.3 Å². The molecule has 0 saturated heterocycles. The smallest absolute Gasteiger partial charge is 0.373 e. The van der Waals surface area contributed by atoms with Gasteiger partial charge in [0.1, 0.15) is 5.69 Å². The van der Waals surface area contributed by atoms with E-state index >= 15 is 0 Å². The van der Waals surface area contributed by atoms with E-state index in [2.05, 4.69) is 20.9 Å². The molecule has 0 amide bonds. The Labute approximate surface area is 126 Å². The highest BCUT2D eigenvalue weighted by Crippen LogP contribution is 2.33. The standard InChI is InChI=1S/C15H16BrNO3/c1-8-5-6-9(10(16)7-8)13-17-12(15(2,3)4)11(20-13)14(18)19/h5-7H,1-4H3,(H,18,19). The Morgan fingerprint density at radius 1 is 1.35 bits per heavy atom. The average Bonchev–Trinajstić information content (AvgIpc) is 2.73. The quantitative estimate of drug-likeness (QED) is 0.881. The molecular weight excluding hydrogens is 322 g/mol.